The first kappa shape index (κ1) is 13.9. The van der Waals surface area contributed by atoms with Gasteiger partial charge in [0.25, 0.3) is 0 Å². The molecule has 2 aliphatic rings. The number of fused-ring (bicyclic) bond motifs is 2. The first-order valence-electron chi connectivity index (χ1n) is 7.81. The van der Waals surface area contributed by atoms with Gasteiger partial charge >= 0.3 is 0 Å². The summed E-state index contributed by atoms with van der Waals surface area (Å²) in [5, 5.41) is 11.6. The molecule has 1 aromatic carbocycles. The van der Waals surface area contributed by atoms with E-state index in [-0.39, 0.29) is 10.8 Å². The summed E-state index contributed by atoms with van der Waals surface area (Å²) in [6.45, 7) is 9.39. The molecular weight excluding hydrogens is 248 g/mol. The molecule has 110 valence electrons. The van der Waals surface area contributed by atoms with Gasteiger partial charge in [-0.15, -0.1) is 0 Å². The summed E-state index contributed by atoms with van der Waals surface area (Å²) in [6.07, 6.45) is 3.53. The molecule has 2 fully saturated rings. The monoisotopic (exact) mass is 274 g/mol. The molecule has 0 aliphatic heterocycles. The van der Waals surface area contributed by atoms with E-state index in [0.717, 1.165) is 24.2 Å². The van der Waals surface area contributed by atoms with Crippen molar-refractivity contribution in [2.75, 3.05) is 6.61 Å². The van der Waals surface area contributed by atoms with Gasteiger partial charge in [-0.05, 0) is 49.8 Å². The predicted molar refractivity (Wildman–Crippen MR) is 80.7 cm³/mol. The van der Waals surface area contributed by atoms with Gasteiger partial charge in [0.05, 0.1) is 6.61 Å². The third-order valence-electron chi connectivity index (χ3n) is 6.15. The van der Waals surface area contributed by atoms with Crippen molar-refractivity contribution in [1.82, 2.24) is 0 Å². The molecule has 3 unspecified atom stereocenters. The summed E-state index contributed by atoms with van der Waals surface area (Å²) in [5.74, 6) is 1.51. The van der Waals surface area contributed by atoms with Gasteiger partial charge in [0, 0.05) is 10.8 Å². The van der Waals surface area contributed by atoms with Crippen LogP contribution in [-0.2, 0) is 5.60 Å². The molecule has 2 heteroatoms. The quantitative estimate of drug-likeness (QED) is 0.898. The number of hydrogen-bond donors (Lipinski definition) is 1. The Morgan fingerprint density at radius 2 is 1.85 bits per heavy atom. The topological polar surface area (TPSA) is 29.5 Å². The molecule has 1 N–H and O–H groups in total. The van der Waals surface area contributed by atoms with Crippen LogP contribution in [0.3, 0.4) is 0 Å². The molecule has 0 radical (unpaired) electrons. The summed E-state index contributed by atoms with van der Waals surface area (Å²) in [6, 6.07) is 8.09. The Labute approximate surface area is 122 Å². The van der Waals surface area contributed by atoms with E-state index in [0.29, 0.717) is 12.5 Å². The van der Waals surface area contributed by atoms with E-state index in [9.17, 15) is 5.11 Å². The molecule has 2 bridgehead atoms. The molecule has 0 amide bonds. The predicted octanol–water partition coefficient (Wildman–Crippen LogP) is 4.12. The second-order valence-electron chi connectivity index (χ2n) is 7.39. The number of hydrogen-bond acceptors (Lipinski definition) is 2. The Morgan fingerprint density at radius 1 is 1.20 bits per heavy atom. The molecule has 2 nitrogen and oxygen atoms in total. The van der Waals surface area contributed by atoms with Crippen molar-refractivity contribution < 1.29 is 9.84 Å². The maximum absolute atomic E-state index is 11.6. The highest BCUT2D eigenvalue weighted by Gasteiger charge is 2.68. The molecule has 0 spiro atoms. The second-order valence-corrected chi connectivity index (χ2v) is 7.39. The van der Waals surface area contributed by atoms with Crippen LogP contribution in [-0.4, -0.2) is 11.7 Å². The van der Waals surface area contributed by atoms with E-state index < -0.39 is 5.60 Å². The zero-order valence-corrected chi connectivity index (χ0v) is 13.1. The van der Waals surface area contributed by atoms with E-state index in [1.54, 1.807) is 0 Å². The average Bonchev–Trinajstić information content (AvgIpc) is 2.88. The van der Waals surface area contributed by atoms with Gasteiger partial charge in [-0.2, -0.15) is 0 Å². The second kappa shape index (κ2) is 4.24. The fourth-order valence-corrected chi connectivity index (χ4v) is 4.94. The zero-order valence-electron chi connectivity index (χ0n) is 13.1. The van der Waals surface area contributed by atoms with Crippen molar-refractivity contribution in [1.29, 1.82) is 0 Å². The minimum Gasteiger partial charge on any atom is -0.494 e. The standard InChI is InChI=1S/C18H26O2/c1-5-20-15-8-6-13(7-9-15)18(19)16(2,3)14-10-11-17(18,4)12-14/h6-9,14,19H,5,10-12H2,1-4H3. The third kappa shape index (κ3) is 1.54. The first-order chi connectivity index (χ1) is 9.35. The molecule has 0 saturated heterocycles. The Hall–Kier alpha value is -1.02. The maximum atomic E-state index is 11.6. The lowest BCUT2D eigenvalue weighted by atomic mass is 9.58. The number of aliphatic hydroxyl groups is 1. The van der Waals surface area contributed by atoms with Crippen LogP contribution in [0.2, 0.25) is 0 Å². The molecule has 2 saturated carbocycles. The fourth-order valence-electron chi connectivity index (χ4n) is 4.94. The molecule has 3 atom stereocenters. The number of rotatable bonds is 3. The number of benzene rings is 1. The first-order valence-corrected chi connectivity index (χ1v) is 7.81. The van der Waals surface area contributed by atoms with Gasteiger partial charge in [0.15, 0.2) is 0 Å². The third-order valence-corrected chi connectivity index (χ3v) is 6.15. The summed E-state index contributed by atoms with van der Waals surface area (Å²) in [4.78, 5) is 0. The van der Waals surface area contributed by atoms with Crippen molar-refractivity contribution in [3.63, 3.8) is 0 Å². The van der Waals surface area contributed by atoms with Gasteiger partial charge in [0.1, 0.15) is 11.4 Å². The molecule has 3 rings (SSSR count). The van der Waals surface area contributed by atoms with Crippen molar-refractivity contribution in [2.45, 2.75) is 52.6 Å². The van der Waals surface area contributed by atoms with Crippen LogP contribution in [0.4, 0.5) is 0 Å². The Balaban J connectivity index is 2.03. The molecular formula is C18H26O2. The SMILES string of the molecule is CCOc1ccc(C2(O)C3(C)CCC(C3)C2(C)C)cc1. The minimum atomic E-state index is -0.729. The van der Waals surface area contributed by atoms with Crippen LogP contribution in [0.25, 0.3) is 0 Å². The lowest BCUT2D eigenvalue weighted by molar-refractivity contribution is -0.150. The van der Waals surface area contributed by atoms with E-state index in [1.807, 2.05) is 19.1 Å². The molecule has 0 aromatic heterocycles. The summed E-state index contributed by atoms with van der Waals surface area (Å²) in [5.41, 5.74) is 0.269. The van der Waals surface area contributed by atoms with Crippen LogP contribution in [0.1, 0.15) is 52.5 Å². The van der Waals surface area contributed by atoms with Crippen molar-refractivity contribution >= 4 is 0 Å². The smallest absolute Gasteiger partial charge is 0.119 e. The summed E-state index contributed by atoms with van der Waals surface area (Å²) in [7, 11) is 0. The largest absolute Gasteiger partial charge is 0.494 e. The zero-order chi connectivity index (χ0) is 14.6. The highest BCUT2D eigenvalue weighted by Crippen LogP contribution is 2.71. The van der Waals surface area contributed by atoms with E-state index in [4.69, 9.17) is 4.74 Å². The van der Waals surface area contributed by atoms with E-state index in [1.165, 1.54) is 6.42 Å². The lowest BCUT2D eigenvalue weighted by Gasteiger charge is -2.51. The molecule has 2 aliphatic carbocycles. The van der Waals surface area contributed by atoms with Crippen molar-refractivity contribution in [3.05, 3.63) is 29.8 Å². The van der Waals surface area contributed by atoms with Crippen molar-refractivity contribution in [2.24, 2.45) is 16.7 Å². The van der Waals surface area contributed by atoms with Crippen LogP contribution < -0.4 is 4.74 Å². The van der Waals surface area contributed by atoms with Crippen molar-refractivity contribution in [3.8, 4) is 5.75 Å². The van der Waals surface area contributed by atoms with Crippen LogP contribution >= 0.6 is 0 Å². The van der Waals surface area contributed by atoms with E-state index >= 15 is 0 Å². The molecule has 20 heavy (non-hydrogen) atoms. The van der Waals surface area contributed by atoms with Gasteiger partial charge in [-0.25, -0.2) is 0 Å². The van der Waals surface area contributed by atoms with Gasteiger partial charge in [-0.3, -0.25) is 0 Å². The Kier molecular flexibility index (Phi) is 2.95. The van der Waals surface area contributed by atoms with Crippen LogP contribution in [0, 0.1) is 16.7 Å². The average molecular weight is 274 g/mol. The summed E-state index contributed by atoms with van der Waals surface area (Å²) >= 11 is 0. The lowest BCUT2D eigenvalue weighted by Crippen LogP contribution is -2.51. The highest BCUT2D eigenvalue weighted by atomic mass is 16.5. The minimum absolute atomic E-state index is 0.00823. The Morgan fingerprint density at radius 3 is 2.35 bits per heavy atom. The summed E-state index contributed by atoms with van der Waals surface area (Å²) < 4.78 is 5.51. The Bertz CT molecular complexity index is 498. The number of ether oxygens (including phenoxy) is 1. The fraction of sp³-hybridized carbons (Fsp3) is 0.667. The van der Waals surface area contributed by atoms with Crippen LogP contribution in [0.5, 0.6) is 5.75 Å². The molecule has 1 aromatic rings. The molecule has 0 heterocycles. The van der Waals surface area contributed by atoms with Gasteiger partial charge in [0.2, 0.25) is 0 Å². The van der Waals surface area contributed by atoms with Crippen LogP contribution in [0.15, 0.2) is 24.3 Å². The van der Waals surface area contributed by atoms with Gasteiger partial charge in [-0.1, -0.05) is 32.9 Å². The van der Waals surface area contributed by atoms with Gasteiger partial charge < -0.3 is 9.84 Å². The maximum Gasteiger partial charge on any atom is 0.119 e. The van der Waals surface area contributed by atoms with E-state index in [2.05, 4.69) is 32.9 Å². The normalized spacial score (nSPS) is 38.1. The highest BCUT2D eigenvalue weighted by molar-refractivity contribution is 5.37.